The Morgan fingerprint density at radius 3 is 2.78 bits per heavy atom. The molecule has 0 unspecified atom stereocenters. The second kappa shape index (κ2) is 4.53. The van der Waals surface area contributed by atoms with E-state index in [9.17, 15) is 20.0 Å². The number of aromatic nitrogens is 2. The molecule has 18 heavy (non-hydrogen) atoms. The second-order valence-corrected chi connectivity index (χ2v) is 3.38. The lowest BCUT2D eigenvalue weighted by Crippen LogP contribution is -2.12. The van der Waals surface area contributed by atoms with Crippen molar-refractivity contribution in [2.75, 3.05) is 5.32 Å². The lowest BCUT2D eigenvalue weighted by molar-refractivity contribution is -0.384. The number of aromatic hydroxyl groups is 1. The van der Waals surface area contributed by atoms with E-state index < -0.39 is 10.8 Å². The van der Waals surface area contributed by atoms with E-state index in [0.717, 1.165) is 6.07 Å². The fourth-order valence-electron chi connectivity index (χ4n) is 1.31. The molecule has 0 aliphatic carbocycles. The Labute approximate surface area is 100 Å². The number of H-pyrrole nitrogens is 1. The van der Waals surface area contributed by atoms with E-state index in [1.54, 1.807) is 0 Å². The maximum absolute atomic E-state index is 11.6. The summed E-state index contributed by atoms with van der Waals surface area (Å²) in [7, 11) is 0. The topological polar surface area (TPSA) is 121 Å². The van der Waals surface area contributed by atoms with Gasteiger partial charge >= 0.3 is 0 Å². The average molecular weight is 248 g/mol. The molecule has 0 saturated carbocycles. The summed E-state index contributed by atoms with van der Waals surface area (Å²) in [6.07, 6.45) is 1.41. The molecule has 0 bridgehead atoms. The fourth-order valence-corrected chi connectivity index (χ4v) is 1.31. The number of amides is 1. The number of nitrogens with zero attached hydrogens (tertiary/aromatic N) is 2. The van der Waals surface area contributed by atoms with Gasteiger partial charge in [-0.1, -0.05) is 0 Å². The van der Waals surface area contributed by atoms with Gasteiger partial charge in [0, 0.05) is 12.3 Å². The number of phenols is 1. The fraction of sp³-hybridized carbons (Fsp3) is 0. The minimum absolute atomic E-state index is 0.0835. The molecule has 1 heterocycles. The zero-order chi connectivity index (χ0) is 13.1. The van der Waals surface area contributed by atoms with Gasteiger partial charge in [0.15, 0.2) is 0 Å². The van der Waals surface area contributed by atoms with Crippen molar-refractivity contribution in [3.8, 4) is 5.75 Å². The number of carbonyl (C=O) groups excluding carboxylic acids is 1. The van der Waals surface area contributed by atoms with Crippen molar-refractivity contribution in [2.45, 2.75) is 0 Å². The van der Waals surface area contributed by atoms with Crippen molar-refractivity contribution < 1.29 is 14.8 Å². The number of phenolic OH excluding ortho intramolecular Hbond substituents is 1. The maximum Gasteiger partial charge on any atom is 0.273 e. The Balaban J connectivity index is 2.20. The molecule has 3 N–H and O–H groups in total. The minimum Gasteiger partial charge on any atom is -0.506 e. The Morgan fingerprint density at radius 1 is 1.44 bits per heavy atom. The van der Waals surface area contributed by atoms with Gasteiger partial charge in [0.1, 0.15) is 11.4 Å². The number of rotatable bonds is 3. The van der Waals surface area contributed by atoms with Gasteiger partial charge in [-0.2, -0.15) is 5.10 Å². The van der Waals surface area contributed by atoms with Crippen LogP contribution in [0.2, 0.25) is 0 Å². The van der Waals surface area contributed by atoms with Crippen molar-refractivity contribution in [3.63, 3.8) is 0 Å². The van der Waals surface area contributed by atoms with Crippen LogP contribution in [0.25, 0.3) is 0 Å². The van der Waals surface area contributed by atoms with E-state index in [2.05, 4.69) is 15.5 Å². The summed E-state index contributed by atoms with van der Waals surface area (Å²) in [4.78, 5) is 21.4. The van der Waals surface area contributed by atoms with Gasteiger partial charge in [0.05, 0.1) is 16.7 Å². The molecule has 1 amide bonds. The Kier molecular flexibility index (Phi) is 2.92. The summed E-state index contributed by atoms with van der Waals surface area (Å²) < 4.78 is 0. The predicted octanol–water partition coefficient (Wildman–Crippen LogP) is 1.28. The average Bonchev–Trinajstić information content (AvgIpc) is 2.85. The van der Waals surface area contributed by atoms with Gasteiger partial charge in [0.25, 0.3) is 11.6 Å². The maximum atomic E-state index is 11.6. The lowest BCUT2D eigenvalue weighted by Gasteiger charge is -2.05. The van der Waals surface area contributed by atoms with Gasteiger partial charge in [-0.05, 0) is 12.1 Å². The molecular weight excluding hydrogens is 240 g/mol. The Hall–Kier alpha value is -2.90. The smallest absolute Gasteiger partial charge is 0.273 e. The molecule has 2 rings (SSSR count). The molecule has 0 radical (unpaired) electrons. The third-order valence-corrected chi connectivity index (χ3v) is 2.19. The second-order valence-electron chi connectivity index (χ2n) is 3.38. The van der Waals surface area contributed by atoms with Crippen LogP contribution in [0.15, 0.2) is 30.5 Å². The number of nitro groups is 1. The molecular formula is C10H8N4O4. The van der Waals surface area contributed by atoms with Crippen LogP contribution in [-0.2, 0) is 0 Å². The van der Waals surface area contributed by atoms with Gasteiger partial charge in [-0.15, -0.1) is 0 Å². The summed E-state index contributed by atoms with van der Waals surface area (Å²) >= 11 is 0. The van der Waals surface area contributed by atoms with Crippen LogP contribution in [0.3, 0.4) is 0 Å². The first-order valence-corrected chi connectivity index (χ1v) is 4.86. The summed E-state index contributed by atoms with van der Waals surface area (Å²) in [5.74, 6) is -0.881. The highest BCUT2D eigenvalue weighted by Gasteiger charge is 2.13. The van der Waals surface area contributed by atoms with Crippen LogP contribution >= 0.6 is 0 Å². The summed E-state index contributed by atoms with van der Waals surface area (Å²) in [6, 6.07) is 4.85. The van der Waals surface area contributed by atoms with Crippen molar-refractivity contribution >= 4 is 17.3 Å². The van der Waals surface area contributed by atoms with Gasteiger partial charge < -0.3 is 10.4 Å². The third kappa shape index (κ3) is 2.26. The first-order valence-electron chi connectivity index (χ1n) is 4.86. The normalized spacial score (nSPS) is 10.0. The zero-order valence-corrected chi connectivity index (χ0v) is 8.95. The molecule has 0 spiro atoms. The first-order chi connectivity index (χ1) is 8.58. The van der Waals surface area contributed by atoms with Crippen molar-refractivity contribution in [1.82, 2.24) is 10.2 Å². The van der Waals surface area contributed by atoms with Crippen LogP contribution in [0.1, 0.15) is 10.5 Å². The molecule has 0 aliphatic rings. The number of anilines is 1. The van der Waals surface area contributed by atoms with E-state index in [4.69, 9.17) is 0 Å². The molecule has 92 valence electrons. The molecule has 0 aliphatic heterocycles. The van der Waals surface area contributed by atoms with Crippen molar-refractivity contribution in [1.29, 1.82) is 0 Å². The van der Waals surface area contributed by atoms with Gasteiger partial charge in [0.2, 0.25) is 0 Å². The molecule has 0 saturated heterocycles. The van der Waals surface area contributed by atoms with Gasteiger partial charge in [-0.25, -0.2) is 0 Å². The third-order valence-electron chi connectivity index (χ3n) is 2.19. The molecule has 0 atom stereocenters. The monoisotopic (exact) mass is 248 g/mol. The number of nitrogens with one attached hydrogen (secondary N) is 2. The lowest BCUT2D eigenvalue weighted by atomic mass is 10.2. The number of benzene rings is 1. The molecule has 2 aromatic rings. The summed E-state index contributed by atoms with van der Waals surface area (Å²) in [6.45, 7) is 0. The molecule has 8 heteroatoms. The summed E-state index contributed by atoms with van der Waals surface area (Å²) in [5, 5.41) is 28.5. The number of aromatic amines is 1. The van der Waals surface area contributed by atoms with E-state index in [1.165, 1.54) is 24.4 Å². The van der Waals surface area contributed by atoms with Gasteiger partial charge in [-0.3, -0.25) is 20.0 Å². The highest BCUT2D eigenvalue weighted by Crippen LogP contribution is 2.27. The van der Waals surface area contributed by atoms with Crippen LogP contribution in [-0.4, -0.2) is 26.1 Å². The highest BCUT2D eigenvalue weighted by atomic mass is 16.6. The first kappa shape index (κ1) is 11.6. The van der Waals surface area contributed by atoms with E-state index in [-0.39, 0.29) is 22.8 Å². The summed E-state index contributed by atoms with van der Waals surface area (Å²) in [5.41, 5.74) is 0.0417. The molecule has 1 aromatic carbocycles. The van der Waals surface area contributed by atoms with Crippen LogP contribution in [0, 0.1) is 10.1 Å². The van der Waals surface area contributed by atoms with Crippen molar-refractivity contribution in [2.24, 2.45) is 0 Å². The predicted molar refractivity (Wildman–Crippen MR) is 61.3 cm³/mol. The SMILES string of the molecule is O=C(Nc1ccc([N+](=O)[O-])cc1O)c1ccn[nH]1. The van der Waals surface area contributed by atoms with Crippen LogP contribution < -0.4 is 5.32 Å². The van der Waals surface area contributed by atoms with E-state index in [1.807, 2.05) is 0 Å². The quantitative estimate of drug-likeness (QED) is 0.429. The minimum atomic E-state index is -0.639. The molecule has 8 nitrogen and oxygen atoms in total. The number of carbonyl (C=O) groups is 1. The number of non-ortho nitro benzene ring substituents is 1. The highest BCUT2D eigenvalue weighted by molar-refractivity contribution is 6.03. The van der Waals surface area contributed by atoms with Crippen LogP contribution in [0.4, 0.5) is 11.4 Å². The largest absolute Gasteiger partial charge is 0.506 e. The van der Waals surface area contributed by atoms with E-state index in [0.29, 0.717) is 0 Å². The number of hydrogen-bond donors (Lipinski definition) is 3. The Bertz CT molecular complexity index is 594. The van der Waals surface area contributed by atoms with E-state index >= 15 is 0 Å². The molecule has 1 aromatic heterocycles. The number of nitro benzene ring substituents is 1. The molecule has 0 fully saturated rings. The van der Waals surface area contributed by atoms with Crippen LogP contribution in [0.5, 0.6) is 5.75 Å². The Morgan fingerprint density at radius 2 is 2.22 bits per heavy atom. The zero-order valence-electron chi connectivity index (χ0n) is 8.95. The van der Waals surface area contributed by atoms with Crippen molar-refractivity contribution in [3.05, 3.63) is 46.3 Å². The standard InChI is InChI=1S/C10H8N4O4/c15-9-5-6(14(17)18)1-2-7(9)12-10(16)8-3-4-11-13-8/h1-5,15H,(H,11,13)(H,12,16). The number of hydrogen-bond acceptors (Lipinski definition) is 5.